The Balaban J connectivity index is 1.62. The summed E-state index contributed by atoms with van der Waals surface area (Å²) in [6.07, 6.45) is -1.07. The van der Waals surface area contributed by atoms with Gasteiger partial charge in [-0.05, 0) is 43.7 Å². The van der Waals surface area contributed by atoms with Crippen LogP contribution >= 0.6 is 0 Å². The third kappa shape index (κ3) is 5.41. The van der Waals surface area contributed by atoms with Gasteiger partial charge in [-0.15, -0.1) is 0 Å². The molecule has 0 aliphatic carbocycles. The van der Waals surface area contributed by atoms with Gasteiger partial charge in [0.2, 0.25) is 0 Å². The van der Waals surface area contributed by atoms with Crippen LogP contribution < -0.4 is 10.1 Å². The van der Waals surface area contributed by atoms with Crippen LogP contribution in [0.5, 0.6) is 5.75 Å². The molecule has 7 nitrogen and oxygen atoms in total. The molecule has 1 unspecified atom stereocenters. The van der Waals surface area contributed by atoms with Crippen LogP contribution in [-0.2, 0) is 16.1 Å². The molecule has 150 valence electrons. The zero-order valence-electron chi connectivity index (χ0n) is 15.8. The SMILES string of the molecule is Cc1cc(NC(=O)C(C)OC(=O)c2ccccc2OCc2ccc(F)cc2)no1. The van der Waals surface area contributed by atoms with E-state index in [1.54, 1.807) is 43.3 Å². The van der Waals surface area contributed by atoms with Crippen molar-refractivity contribution >= 4 is 17.7 Å². The first-order valence-corrected chi connectivity index (χ1v) is 8.84. The van der Waals surface area contributed by atoms with Gasteiger partial charge in [-0.3, -0.25) is 4.79 Å². The predicted molar refractivity (Wildman–Crippen MR) is 102 cm³/mol. The van der Waals surface area contributed by atoms with Crippen LogP contribution in [0.25, 0.3) is 0 Å². The van der Waals surface area contributed by atoms with Gasteiger partial charge in [0.05, 0.1) is 0 Å². The van der Waals surface area contributed by atoms with E-state index in [9.17, 15) is 14.0 Å². The molecule has 0 aliphatic rings. The number of ether oxygens (including phenoxy) is 2. The molecule has 1 atom stereocenters. The van der Waals surface area contributed by atoms with Crippen molar-refractivity contribution in [2.24, 2.45) is 0 Å². The van der Waals surface area contributed by atoms with Crippen LogP contribution in [0.15, 0.2) is 59.1 Å². The fraction of sp³-hybridized carbons (Fsp3) is 0.190. The van der Waals surface area contributed by atoms with E-state index in [0.29, 0.717) is 11.5 Å². The Kier molecular flexibility index (Phi) is 6.23. The number of anilines is 1. The fourth-order valence-corrected chi connectivity index (χ4v) is 2.43. The van der Waals surface area contributed by atoms with Crippen LogP contribution in [0.2, 0.25) is 0 Å². The number of amides is 1. The highest BCUT2D eigenvalue weighted by Crippen LogP contribution is 2.21. The van der Waals surface area contributed by atoms with Crippen molar-refractivity contribution in [3.05, 3.63) is 77.3 Å². The van der Waals surface area contributed by atoms with Gasteiger partial charge in [0, 0.05) is 6.07 Å². The van der Waals surface area contributed by atoms with Gasteiger partial charge in [0.1, 0.15) is 29.5 Å². The zero-order chi connectivity index (χ0) is 20.8. The number of hydrogen-bond donors (Lipinski definition) is 1. The highest BCUT2D eigenvalue weighted by molar-refractivity contribution is 5.97. The number of nitrogens with zero attached hydrogens (tertiary/aromatic N) is 1. The number of carbonyl (C=O) groups is 2. The van der Waals surface area contributed by atoms with Crippen molar-refractivity contribution in [2.45, 2.75) is 26.6 Å². The van der Waals surface area contributed by atoms with E-state index in [0.717, 1.165) is 5.56 Å². The maximum atomic E-state index is 13.0. The summed E-state index contributed by atoms with van der Waals surface area (Å²) in [4.78, 5) is 24.7. The highest BCUT2D eigenvalue weighted by Gasteiger charge is 2.22. The van der Waals surface area contributed by atoms with Gasteiger partial charge >= 0.3 is 5.97 Å². The van der Waals surface area contributed by atoms with Gasteiger partial charge in [0.25, 0.3) is 5.91 Å². The first-order valence-electron chi connectivity index (χ1n) is 8.84. The van der Waals surface area contributed by atoms with Crippen LogP contribution in [0.1, 0.15) is 28.6 Å². The molecular weight excluding hydrogens is 379 g/mol. The number of nitrogens with one attached hydrogen (secondary N) is 1. The van der Waals surface area contributed by atoms with E-state index in [-0.39, 0.29) is 23.8 Å². The molecular formula is C21H19FN2O5. The fourth-order valence-electron chi connectivity index (χ4n) is 2.43. The van der Waals surface area contributed by atoms with E-state index >= 15 is 0 Å². The number of esters is 1. The van der Waals surface area contributed by atoms with Gasteiger partial charge < -0.3 is 19.3 Å². The lowest BCUT2D eigenvalue weighted by Gasteiger charge is -2.15. The van der Waals surface area contributed by atoms with E-state index in [1.807, 2.05) is 0 Å². The summed E-state index contributed by atoms with van der Waals surface area (Å²) >= 11 is 0. The van der Waals surface area contributed by atoms with Gasteiger partial charge in [0.15, 0.2) is 11.9 Å². The summed E-state index contributed by atoms with van der Waals surface area (Å²) < 4.78 is 28.8. The molecule has 1 heterocycles. The molecule has 0 spiro atoms. The van der Waals surface area contributed by atoms with Crippen LogP contribution in [0, 0.1) is 12.7 Å². The molecule has 0 bridgehead atoms. The molecule has 29 heavy (non-hydrogen) atoms. The van der Waals surface area contributed by atoms with Crippen molar-refractivity contribution in [1.29, 1.82) is 0 Å². The van der Waals surface area contributed by atoms with Crippen LogP contribution in [0.4, 0.5) is 10.2 Å². The number of halogens is 1. The van der Waals surface area contributed by atoms with E-state index < -0.39 is 18.0 Å². The third-order valence-electron chi connectivity index (χ3n) is 3.95. The molecule has 0 saturated heterocycles. The molecule has 1 aromatic heterocycles. The lowest BCUT2D eigenvalue weighted by Crippen LogP contribution is -2.30. The maximum absolute atomic E-state index is 13.0. The topological polar surface area (TPSA) is 90.7 Å². The second-order valence-corrected chi connectivity index (χ2v) is 6.27. The molecule has 1 N–H and O–H groups in total. The maximum Gasteiger partial charge on any atom is 0.342 e. The molecule has 0 aliphatic heterocycles. The number of rotatable bonds is 7. The Bertz CT molecular complexity index is 1000. The van der Waals surface area contributed by atoms with Gasteiger partial charge in [-0.25, -0.2) is 9.18 Å². The van der Waals surface area contributed by atoms with E-state index in [2.05, 4.69) is 10.5 Å². The molecule has 0 saturated carbocycles. The standard InChI is InChI=1S/C21H19FN2O5/c1-13-11-19(24-29-13)23-20(25)14(2)28-21(26)17-5-3-4-6-18(17)27-12-15-7-9-16(22)10-8-15/h3-11,14H,12H2,1-2H3,(H,23,24,25). The minimum Gasteiger partial charge on any atom is -0.488 e. The molecule has 1 amide bonds. The number of aromatic nitrogens is 1. The van der Waals surface area contributed by atoms with Crippen molar-refractivity contribution in [2.75, 3.05) is 5.32 Å². The predicted octanol–water partition coefficient (Wildman–Crippen LogP) is 3.89. The number of benzene rings is 2. The Morgan fingerprint density at radius 2 is 1.90 bits per heavy atom. The largest absolute Gasteiger partial charge is 0.488 e. The Morgan fingerprint density at radius 1 is 1.17 bits per heavy atom. The Labute approximate surface area is 166 Å². The van der Waals surface area contributed by atoms with E-state index in [1.165, 1.54) is 25.1 Å². The Hall–Kier alpha value is -3.68. The first-order chi connectivity index (χ1) is 13.9. The average molecular weight is 398 g/mol. The normalized spacial score (nSPS) is 11.6. The quantitative estimate of drug-likeness (QED) is 0.608. The monoisotopic (exact) mass is 398 g/mol. The third-order valence-corrected chi connectivity index (χ3v) is 3.95. The summed E-state index contributed by atoms with van der Waals surface area (Å²) in [5, 5.41) is 6.16. The number of aryl methyl sites for hydroxylation is 1. The van der Waals surface area contributed by atoms with Crippen molar-refractivity contribution in [3.63, 3.8) is 0 Å². The minimum absolute atomic E-state index is 0.145. The zero-order valence-corrected chi connectivity index (χ0v) is 15.8. The van der Waals surface area contributed by atoms with Crippen LogP contribution in [-0.4, -0.2) is 23.1 Å². The summed E-state index contributed by atoms with van der Waals surface area (Å²) in [5.41, 5.74) is 0.914. The molecule has 3 rings (SSSR count). The number of hydrogen-bond acceptors (Lipinski definition) is 6. The van der Waals surface area contributed by atoms with E-state index in [4.69, 9.17) is 14.0 Å². The van der Waals surface area contributed by atoms with Gasteiger partial charge in [-0.1, -0.05) is 29.4 Å². The Morgan fingerprint density at radius 3 is 2.59 bits per heavy atom. The second kappa shape index (κ2) is 9.01. The second-order valence-electron chi connectivity index (χ2n) is 6.27. The van der Waals surface area contributed by atoms with Crippen molar-refractivity contribution < 1.29 is 28.0 Å². The lowest BCUT2D eigenvalue weighted by atomic mass is 10.2. The molecule has 8 heteroatoms. The smallest absolute Gasteiger partial charge is 0.342 e. The van der Waals surface area contributed by atoms with Crippen molar-refractivity contribution in [3.8, 4) is 5.75 Å². The minimum atomic E-state index is -1.07. The van der Waals surface area contributed by atoms with Crippen LogP contribution in [0.3, 0.4) is 0 Å². The molecule has 3 aromatic rings. The lowest BCUT2D eigenvalue weighted by molar-refractivity contribution is -0.123. The van der Waals surface area contributed by atoms with Gasteiger partial charge in [-0.2, -0.15) is 0 Å². The summed E-state index contributed by atoms with van der Waals surface area (Å²) in [5.74, 6) is -0.530. The number of para-hydroxylation sites is 1. The average Bonchev–Trinajstić information content (AvgIpc) is 3.12. The molecule has 2 aromatic carbocycles. The highest BCUT2D eigenvalue weighted by atomic mass is 19.1. The molecule has 0 fully saturated rings. The summed E-state index contributed by atoms with van der Waals surface area (Å²) in [6.45, 7) is 3.28. The first kappa shape index (κ1) is 20.1. The van der Waals surface area contributed by atoms with Crippen molar-refractivity contribution in [1.82, 2.24) is 5.16 Å². The number of carbonyl (C=O) groups excluding carboxylic acids is 2. The summed E-state index contributed by atoms with van der Waals surface area (Å²) in [6, 6.07) is 13.9. The molecule has 0 radical (unpaired) electrons. The summed E-state index contributed by atoms with van der Waals surface area (Å²) in [7, 11) is 0.